The highest BCUT2D eigenvalue weighted by molar-refractivity contribution is 8.05. The Morgan fingerprint density at radius 2 is 1.59 bits per heavy atom. The van der Waals surface area contributed by atoms with Gasteiger partial charge >= 0.3 is 5.25 Å². The molecule has 0 aliphatic rings. The highest BCUT2D eigenvalue weighted by atomic mass is 32.3. The van der Waals surface area contributed by atoms with Crippen molar-refractivity contribution in [3.8, 4) is 0 Å². The van der Waals surface area contributed by atoms with Gasteiger partial charge in [0.15, 0.2) is 0 Å². The summed E-state index contributed by atoms with van der Waals surface area (Å²) in [6.45, 7) is -1.99. The van der Waals surface area contributed by atoms with Crippen LogP contribution < -0.4 is 4.13 Å². The lowest BCUT2D eigenvalue weighted by Crippen LogP contribution is -2.50. The van der Waals surface area contributed by atoms with E-state index in [1.165, 1.54) is 0 Å². The molecule has 0 spiro atoms. The zero-order valence-corrected chi connectivity index (χ0v) is 9.83. The molecule has 2 unspecified atom stereocenters. The Kier molecular flexibility index (Phi) is 4.87. The minimum absolute atomic E-state index is 0.300. The van der Waals surface area contributed by atoms with Crippen LogP contribution in [0.3, 0.4) is 0 Å². The van der Waals surface area contributed by atoms with Gasteiger partial charge in [0, 0.05) is 0 Å². The minimum Gasteiger partial charge on any atom is -0.248 e. The molecule has 2 atom stereocenters. The van der Waals surface area contributed by atoms with Crippen LogP contribution >= 0.6 is 0 Å². The van der Waals surface area contributed by atoms with Gasteiger partial charge in [-0.3, -0.25) is 0 Å². The molecule has 0 aromatic carbocycles. The van der Waals surface area contributed by atoms with Crippen LogP contribution in [-0.2, 0) is 20.0 Å². The summed E-state index contributed by atoms with van der Waals surface area (Å²) >= 11 is 0. The van der Waals surface area contributed by atoms with Crippen LogP contribution in [0, 0.1) is 0 Å². The van der Waals surface area contributed by atoms with Crippen molar-refractivity contribution in [1.82, 2.24) is 4.13 Å². The molecule has 0 rings (SSSR count). The van der Waals surface area contributed by atoms with Crippen molar-refractivity contribution in [1.29, 1.82) is 0 Å². The zero-order valence-electron chi connectivity index (χ0n) is 8.20. The van der Waals surface area contributed by atoms with Crippen molar-refractivity contribution >= 4 is 20.0 Å². The Morgan fingerprint density at radius 3 is 1.88 bits per heavy atom. The number of rotatable bonds is 6. The van der Waals surface area contributed by atoms with Crippen LogP contribution in [0.5, 0.6) is 0 Å². The van der Waals surface area contributed by atoms with E-state index in [2.05, 4.69) is 0 Å². The molecule has 0 radical (unpaired) electrons. The van der Waals surface area contributed by atoms with Gasteiger partial charge in [0.05, 0.1) is 0 Å². The third-order valence-corrected chi connectivity index (χ3v) is 5.15. The fourth-order valence-electron chi connectivity index (χ4n) is 0.533. The fourth-order valence-corrected chi connectivity index (χ4v) is 3.13. The normalized spacial score (nSPS) is 17.8. The van der Waals surface area contributed by atoms with E-state index in [0.717, 1.165) is 0 Å². The monoisotopic (exact) mass is 305 g/mol. The summed E-state index contributed by atoms with van der Waals surface area (Å²) in [5.41, 5.74) is -2.82. The first kappa shape index (κ1) is 16.5. The Labute approximate surface area is 94.1 Å². The first-order valence-electron chi connectivity index (χ1n) is 3.87. The molecule has 0 aliphatic heterocycles. The third kappa shape index (κ3) is 3.48. The van der Waals surface area contributed by atoms with Gasteiger partial charge in [-0.25, -0.2) is 30.0 Å². The number of sulfonamides is 2. The molecular weight excluding hydrogens is 297 g/mol. The zero-order chi connectivity index (χ0) is 14.1. The molecule has 0 aromatic heterocycles. The standard InChI is InChI=1S/C5H8F5NO4S2/c1-3(7)16(12,13)11-17(14,15)5(9,10)4(8)2-6/h3-4,11H,2H2,1H3. The molecule has 0 saturated heterocycles. The molecule has 0 saturated carbocycles. The van der Waals surface area contributed by atoms with Crippen LogP contribution in [0.25, 0.3) is 0 Å². The molecule has 104 valence electrons. The number of alkyl halides is 5. The third-order valence-electron chi connectivity index (χ3n) is 1.51. The van der Waals surface area contributed by atoms with Gasteiger partial charge < -0.3 is 0 Å². The average Bonchev–Trinajstić information content (AvgIpc) is 2.14. The van der Waals surface area contributed by atoms with Crippen LogP contribution in [0.1, 0.15) is 6.92 Å². The van der Waals surface area contributed by atoms with Crippen molar-refractivity contribution in [3.05, 3.63) is 0 Å². The van der Waals surface area contributed by atoms with Crippen molar-refractivity contribution < 1.29 is 38.8 Å². The van der Waals surface area contributed by atoms with E-state index in [0.29, 0.717) is 11.1 Å². The molecule has 0 amide bonds. The fraction of sp³-hybridized carbons (Fsp3) is 1.00. The lowest BCUT2D eigenvalue weighted by molar-refractivity contribution is -0.00630. The Balaban J connectivity index is 5.33. The van der Waals surface area contributed by atoms with Gasteiger partial charge in [-0.05, 0) is 6.92 Å². The summed E-state index contributed by atoms with van der Waals surface area (Å²) in [4.78, 5) is 0. The van der Waals surface area contributed by atoms with Crippen molar-refractivity contribution in [2.24, 2.45) is 0 Å². The summed E-state index contributed by atoms with van der Waals surface area (Å²) in [7, 11) is -11.4. The summed E-state index contributed by atoms with van der Waals surface area (Å²) in [5, 5.41) is -5.33. The van der Waals surface area contributed by atoms with Crippen molar-refractivity contribution in [2.45, 2.75) is 23.9 Å². The second-order valence-corrected chi connectivity index (χ2v) is 6.82. The molecule has 0 aromatic rings. The molecule has 0 aliphatic carbocycles. The number of hydrogen-bond donors (Lipinski definition) is 1. The lowest BCUT2D eigenvalue weighted by Gasteiger charge is -2.19. The second kappa shape index (κ2) is 5.02. The smallest absolute Gasteiger partial charge is 0.248 e. The highest BCUT2D eigenvalue weighted by Gasteiger charge is 2.55. The highest BCUT2D eigenvalue weighted by Crippen LogP contribution is 2.28. The van der Waals surface area contributed by atoms with Gasteiger partial charge in [-0.2, -0.15) is 8.78 Å². The number of nitrogens with one attached hydrogen (secondary N) is 1. The first-order valence-corrected chi connectivity index (χ1v) is 6.90. The molecule has 12 heteroatoms. The summed E-state index contributed by atoms with van der Waals surface area (Å²) in [6, 6.07) is 0. The van der Waals surface area contributed by atoms with E-state index in [4.69, 9.17) is 0 Å². The van der Waals surface area contributed by atoms with Gasteiger partial charge in [-0.1, -0.05) is 0 Å². The molecule has 0 bridgehead atoms. The topological polar surface area (TPSA) is 80.3 Å². The van der Waals surface area contributed by atoms with Gasteiger partial charge in [0.1, 0.15) is 6.67 Å². The molecular formula is C5H8F5NO4S2. The molecule has 1 N–H and O–H groups in total. The van der Waals surface area contributed by atoms with Gasteiger partial charge in [0.2, 0.25) is 11.7 Å². The molecule has 17 heavy (non-hydrogen) atoms. The summed E-state index contributed by atoms with van der Waals surface area (Å²) in [5.74, 6) is 0. The number of halogens is 5. The van der Waals surface area contributed by atoms with E-state index < -0.39 is 43.7 Å². The van der Waals surface area contributed by atoms with Gasteiger partial charge in [0.25, 0.3) is 20.0 Å². The summed E-state index contributed by atoms with van der Waals surface area (Å²) < 4.78 is 105. The van der Waals surface area contributed by atoms with E-state index in [9.17, 15) is 38.8 Å². The Bertz CT molecular complexity index is 459. The summed E-state index contributed by atoms with van der Waals surface area (Å²) in [6.07, 6.45) is -3.76. The average molecular weight is 305 g/mol. The van der Waals surface area contributed by atoms with Crippen LogP contribution in [0.15, 0.2) is 0 Å². The van der Waals surface area contributed by atoms with E-state index in [1.807, 2.05) is 0 Å². The van der Waals surface area contributed by atoms with Crippen molar-refractivity contribution in [3.63, 3.8) is 0 Å². The minimum atomic E-state index is -6.10. The van der Waals surface area contributed by atoms with Crippen LogP contribution in [0.4, 0.5) is 22.0 Å². The van der Waals surface area contributed by atoms with Crippen molar-refractivity contribution in [2.75, 3.05) is 6.67 Å². The van der Waals surface area contributed by atoms with Gasteiger partial charge in [-0.15, -0.1) is 4.13 Å². The van der Waals surface area contributed by atoms with E-state index in [1.54, 1.807) is 0 Å². The van der Waals surface area contributed by atoms with E-state index >= 15 is 0 Å². The van der Waals surface area contributed by atoms with E-state index in [-0.39, 0.29) is 0 Å². The SMILES string of the molecule is CC(F)S(=O)(=O)NS(=O)(=O)C(F)(F)C(F)CF. The predicted molar refractivity (Wildman–Crippen MR) is 47.4 cm³/mol. The maximum absolute atomic E-state index is 12.7. The molecule has 0 fully saturated rings. The quantitative estimate of drug-likeness (QED) is 0.723. The Hall–Kier alpha value is -0.490. The maximum atomic E-state index is 12.7. The maximum Gasteiger partial charge on any atom is 0.392 e. The molecule has 5 nitrogen and oxygen atoms in total. The first-order chi connectivity index (χ1) is 7.38. The second-order valence-electron chi connectivity index (χ2n) is 2.86. The number of hydrogen-bond acceptors (Lipinski definition) is 4. The lowest BCUT2D eigenvalue weighted by atomic mass is 10.4. The van der Waals surface area contributed by atoms with Crippen LogP contribution in [-0.4, -0.2) is 40.4 Å². The Morgan fingerprint density at radius 1 is 1.18 bits per heavy atom. The molecule has 0 heterocycles. The predicted octanol–water partition coefficient (Wildman–Crippen LogP) is 0.452. The largest absolute Gasteiger partial charge is 0.392 e. The van der Waals surface area contributed by atoms with Crippen LogP contribution in [0.2, 0.25) is 0 Å².